The highest BCUT2D eigenvalue weighted by Gasteiger charge is 2.15. The third-order valence-corrected chi connectivity index (χ3v) is 5.96. The van der Waals surface area contributed by atoms with Crippen molar-refractivity contribution < 1.29 is 4.39 Å². The minimum absolute atomic E-state index is 0.214. The zero-order valence-corrected chi connectivity index (χ0v) is 26.9. The zero-order chi connectivity index (χ0) is 28.8. The van der Waals surface area contributed by atoms with Crippen molar-refractivity contribution in [2.24, 2.45) is 0 Å². The number of aryl methyl sites for hydroxylation is 1. The van der Waals surface area contributed by atoms with E-state index in [9.17, 15) is 4.39 Å². The summed E-state index contributed by atoms with van der Waals surface area (Å²) in [7, 11) is 0. The SMILES string of the molecule is CC.CC.Cc1ncc(Cl)c(NC2CCCNC2)n1.Clc1ncc(Cl)c(NC2CCCNC2)n1.FCCBr. The van der Waals surface area contributed by atoms with Crippen molar-refractivity contribution >= 4 is 62.4 Å². The van der Waals surface area contributed by atoms with E-state index in [1.54, 1.807) is 6.20 Å². The van der Waals surface area contributed by atoms with E-state index in [0.29, 0.717) is 33.3 Å². The first kappa shape index (κ1) is 37.0. The maximum absolute atomic E-state index is 10.7. The molecule has 218 valence electrons. The molecule has 0 radical (unpaired) electrons. The van der Waals surface area contributed by atoms with E-state index in [4.69, 9.17) is 34.8 Å². The number of alkyl halides is 2. The number of nitrogens with zero attached hydrogens (tertiary/aromatic N) is 4. The lowest BCUT2D eigenvalue weighted by Crippen LogP contribution is -2.38. The second-order valence-corrected chi connectivity index (χ2v) is 9.65. The minimum Gasteiger partial charge on any atom is -0.365 e. The Morgan fingerprint density at radius 2 is 1.32 bits per heavy atom. The molecule has 4 N–H and O–H groups in total. The second kappa shape index (κ2) is 23.8. The predicted octanol–water partition coefficient (Wildman–Crippen LogP) is 6.95. The average Bonchev–Trinajstić information content (AvgIpc) is 2.96. The normalized spacial score (nSPS) is 17.9. The number of hydrogen-bond donors (Lipinski definition) is 4. The number of piperidine rings is 2. The van der Waals surface area contributed by atoms with Gasteiger partial charge in [0, 0.05) is 30.5 Å². The molecule has 0 spiro atoms. The number of nitrogens with one attached hydrogen (secondary N) is 4. The van der Waals surface area contributed by atoms with Crippen LogP contribution in [0.25, 0.3) is 0 Å². The molecule has 13 heteroatoms. The van der Waals surface area contributed by atoms with Gasteiger partial charge in [-0.1, -0.05) is 66.8 Å². The average molecular weight is 661 g/mol. The Bertz CT molecular complexity index is 788. The lowest BCUT2D eigenvalue weighted by atomic mass is 10.1. The Kier molecular flexibility index (Phi) is 23.2. The molecular weight excluding hydrogens is 618 g/mol. The van der Waals surface area contributed by atoms with Gasteiger partial charge < -0.3 is 21.3 Å². The van der Waals surface area contributed by atoms with E-state index in [1.165, 1.54) is 12.6 Å². The van der Waals surface area contributed by atoms with Gasteiger partial charge in [0.25, 0.3) is 0 Å². The van der Waals surface area contributed by atoms with Crippen LogP contribution < -0.4 is 21.3 Å². The zero-order valence-electron chi connectivity index (χ0n) is 23.1. The van der Waals surface area contributed by atoms with Gasteiger partial charge in [-0.2, -0.15) is 4.98 Å². The number of aromatic nitrogens is 4. The van der Waals surface area contributed by atoms with Crippen LogP contribution in [0.4, 0.5) is 16.0 Å². The molecule has 0 saturated carbocycles. The van der Waals surface area contributed by atoms with E-state index in [0.717, 1.165) is 57.1 Å². The molecule has 4 rings (SSSR count). The molecule has 2 aliphatic heterocycles. The molecule has 8 nitrogen and oxygen atoms in total. The molecule has 2 aromatic heterocycles. The molecule has 0 amide bonds. The fraction of sp³-hybridized carbons (Fsp3) is 0.680. The van der Waals surface area contributed by atoms with Crippen molar-refractivity contribution in [3.05, 3.63) is 33.5 Å². The summed E-state index contributed by atoms with van der Waals surface area (Å²) in [6, 6.07) is 0.785. The quantitative estimate of drug-likeness (QED) is 0.202. The lowest BCUT2D eigenvalue weighted by Gasteiger charge is -2.24. The largest absolute Gasteiger partial charge is 0.365 e. The van der Waals surface area contributed by atoms with Gasteiger partial charge >= 0.3 is 0 Å². The van der Waals surface area contributed by atoms with E-state index < -0.39 is 0 Å². The van der Waals surface area contributed by atoms with Crippen LogP contribution in [0.1, 0.15) is 59.2 Å². The monoisotopic (exact) mass is 658 g/mol. The van der Waals surface area contributed by atoms with Crippen LogP contribution in [0.3, 0.4) is 0 Å². The number of hydrogen-bond acceptors (Lipinski definition) is 8. The van der Waals surface area contributed by atoms with Crippen molar-refractivity contribution in [1.29, 1.82) is 0 Å². The Labute approximate surface area is 251 Å². The van der Waals surface area contributed by atoms with Crippen LogP contribution in [0.2, 0.25) is 15.3 Å². The molecule has 2 saturated heterocycles. The highest BCUT2D eigenvalue weighted by molar-refractivity contribution is 9.09. The number of rotatable bonds is 5. The standard InChI is InChI=1S/C10H15ClN4.C9H12Cl2N4.C2H4BrF.2C2H6/c1-7-13-6-9(11)10(14-7)15-8-3-2-4-12-5-8;10-7-5-13-9(11)15-8(7)14-6-2-1-3-12-4-6;3-1-2-4;2*1-2/h6,8,12H,2-5H2,1H3,(H,13,14,15);5-6,12H,1-4H2,(H,13,14,15);1-2H2;2*1-2H3. The van der Waals surface area contributed by atoms with Crippen LogP contribution in [-0.2, 0) is 0 Å². The van der Waals surface area contributed by atoms with Gasteiger partial charge in [-0.15, -0.1) is 0 Å². The Balaban J connectivity index is 0.000000568. The molecule has 2 unspecified atom stereocenters. The topological polar surface area (TPSA) is 99.7 Å². The second-order valence-electron chi connectivity index (χ2n) is 7.70. The molecule has 2 atom stereocenters. The van der Waals surface area contributed by atoms with Crippen LogP contribution in [0, 0.1) is 6.92 Å². The lowest BCUT2D eigenvalue weighted by molar-refractivity contribution is 0.479. The van der Waals surface area contributed by atoms with Crippen LogP contribution in [0.5, 0.6) is 0 Å². The highest BCUT2D eigenvalue weighted by atomic mass is 79.9. The molecule has 0 bridgehead atoms. The maximum atomic E-state index is 10.7. The van der Waals surface area contributed by atoms with Gasteiger partial charge in [0.1, 0.15) is 27.5 Å². The van der Waals surface area contributed by atoms with Gasteiger partial charge in [0.2, 0.25) is 5.28 Å². The third-order valence-electron chi connectivity index (χ3n) is 4.93. The van der Waals surface area contributed by atoms with Gasteiger partial charge in [0.15, 0.2) is 0 Å². The summed E-state index contributed by atoms with van der Waals surface area (Å²) in [4.78, 5) is 16.2. The van der Waals surface area contributed by atoms with Crippen molar-refractivity contribution in [2.45, 2.75) is 72.4 Å². The summed E-state index contributed by atoms with van der Waals surface area (Å²) in [5.41, 5.74) is 0. The molecule has 2 aliphatic rings. The smallest absolute Gasteiger partial charge is 0.224 e. The summed E-state index contributed by atoms with van der Waals surface area (Å²) in [5, 5.41) is 15.0. The Morgan fingerprint density at radius 1 is 0.868 bits per heavy atom. The van der Waals surface area contributed by atoms with Gasteiger partial charge in [-0.25, -0.2) is 15.0 Å². The first-order valence-corrected chi connectivity index (χ1v) is 15.4. The van der Waals surface area contributed by atoms with Crippen LogP contribution >= 0.6 is 50.7 Å². The molecular formula is C25H43BrCl3FN8. The molecule has 38 heavy (non-hydrogen) atoms. The highest BCUT2D eigenvalue weighted by Crippen LogP contribution is 2.21. The van der Waals surface area contributed by atoms with Gasteiger partial charge in [0.05, 0.1) is 19.1 Å². The Morgan fingerprint density at radius 3 is 1.74 bits per heavy atom. The third kappa shape index (κ3) is 16.2. The molecule has 2 fully saturated rings. The first-order valence-electron chi connectivity index (χ1n) is 13.2. The van der Waals surface area contributed by atoms with Crippen molar-refractivity contribution in [3.8, 4) is 0 Å². The summed E-state index contributed by atoms with van der Waals surface area (Å²) in [6.45, 7) is 13.7. The Hall–Kier alpha value is -1.04. The van der Waals surface area contributed by atoms with E-state index >= 15 is 0 Å². The molecule has 2 aromatic rings. The van der Waals surface area contributed by atoms with E-state index in [2.05, 4.69) is 57.1 Å². The van der Waals surface area contributed by atoms with Gasteiger partial charge in [-0.05, 0) is 57.3 Å². The van der Waals surface area contributed by atoms with E-state index in [-0.39, 0.29) is 12.0 Å². The van der Waals surface area contributed by atoms with Crippen molar-refractivity contribution in [1.82, 2.24) is 30.6 Å². The van der Waals surface area contributed by atoms with Crippen LogP contribution in [-0.4, -0.2) is 70.2 Å². The van der Waals surface area contributed by atoms with Crippen molar-refractivity contribution in [3.63, 3.8) is 0 Å². The minimum atomic E-state index is -0.264. The van der Waals surface area contributed by atoms with Crippen LogP contribution in [0.15, 0.2) is 12.4 Å². The summed E-state index contributed by atoms with van der Waals surface area (Å²) < 4.78 is 10.7. The first-order chi connectivity index (χ1) is 18.4. The maximum Gasteiger partial charge on any atom is 0.224 e. The fourth-order valence-electron chi connectivity index (χ4n) is 3.34. The molecule has 0 aliphatic carbocycles. The predicted molar refractivity (Wildman–Crippen MR) is 165 cm³/mol. The fourth-order valence-corrected chi connectivity index (χ4v) is 3.76. The number of halogens is 5. The summed E-state index contributed by atoms with van der Waals surface area (Å²) >= 11 is 20.5. The molecule has 4 heterocycles. The number of anilines is 2. The van der Waals surface area contributed by atoms with E-state index in [1.807, 2.05) is 34.6 Å². The van der Waals surface area contributed by atoms with Crippen molar-refractivity contribution in [2.75, 3.05) is 48.8 Å². The summed E-state index contributed by atoms with van der Waals surface area (Å²) in [5.74, 6) is 2.11. The molecule has 0 aromatic carbocycles. The summed E-state index contributed by atoms with van der Waals surface area (Å²) in [6.07, 6.45) is 7.78. The van der Waals surface area contributed by atoms with Gasteiger partial charge in [-0.3, -0.25) is 4.39 Å².